The Morgan fingerprint density at radius 3 is 2.89 bits per heavy atom. The number of nitrogens with zero attached hydrogens (tertiary/aromatic N) is 1. The van der Waals surface area contributed by atoms with E-state index in [0.717, 1.165) is 32.7 Å². The molecule has 0 saturated carbocycles. The smallest absolute Gasteiger partial charge is 0.128 e. The van der Waals surface area contributed by atoms with Gasteiger partial charge in [0.05, 0.1) is 0 Å². The third-order valence-corrected chi connectivity index (χ3v) is 3.40. The van der Waals surface area contributed by atoms with Crippen LogP contribution in [0.25, 0.3) is 0 Å². The van der Waals surface area contributed by atoms with E-state index in [2.05, 4.69) is 26.1 Å². The Balaban J connectivity index is 0.00000180. The lowest BCUT2D eigenvalue weighted by atomic mass is 10.3. The average Bonchev–Trinajstić information content (AvgIpc) is 2.56. The largest absolute Gasteiger partial charge is 0.492 e. The number of hydrogen-bond donors (Lipinski definition) is 1. The molecule has 19 heavy (non-hydrogen) atoms. The van der Waals surface area contributed by atoms with Gasteiger partial charge in [-0.3, -0.25) is 4.90 Å². The molecule has 6 heteroatoms. The number of hydrogen-bond acceptors (Lipinski definition) is 3. The van der Waals surface area contributed by atoms with Gasteiger partial charge in [0.15, 0.2) is 0 Å². The summed E-state index contributed by atoms with van der Waals surface area (Å²) in [7, 11) is 0. The first kappa shape index (κ1) is 16.7. The number of rotatable bonds is 4. The van der Waals surface area contributed by atoms with E-state index >= 15 is 0 Å². The van der Waals surface area contributed by atoms with Crippen LogP contribution in [0.4, 0.5) is 4.39 Å². The highest BCUT2D eigenvalue weighted by molar-refractivity contribution is 9.10. The van der Waals surface area contributed by atoms with Gasteiger partial charge in [-0.05, 0) is 31.6 Å². The molecule has 0 unspecified atom stereocenters. The van der Waals surface area contributed by atoms with Crippen LogP contribution in [0.1, 0.15) is 6.42 Å². The summed E-state index contributed by atoms with van der Waals surface area (Å²) in [4.78, 5) is 2.37. The number of benzene rings is 1. The third kappa shape index (κ3) is 6.08. The molecule has 0 aliphatic carbocycles. The van der Waals surface area contributed by atoms with E-state index in [1.807, 2.05) is 0 Å². The summed E-state index contributed by atoms with van der Waals surface area (Å²) in [6.45, 7) is 5.75. The van der Waals surface area contributed by atoms with E-state index in [4.69, 9.17) is 4.74 Å². The van der Waals surface area contributed by atoms with Crippen LogP contribution < -0.4 is 10.1 Å². The second kappa shape index (κ2) is 8.74. The lowest BCUT2D eigenvalue weighted by Gasteiger charge is -2.19. The summed E-state index contributed by atoms with van der Waals surface area (Å²) >= 11 is 3.25. The Morgan fingerprint density at radius 1 is 1.26 bits per heavy atom. The first-order chi connectivity index (χ1) is 8.74. The molecule has 0 spiro atoms. The molecule has 108 valence electrons. The zero-order chi connectivity index (χ0) is 12.8. The minimum atomic E-state index is -0.279. The van der Waals surface area contributed by atoms with Crippen molar-refractivity contribution < 1.29 is 9.13 Å². The lowest BCUT2D eigenvalue weighted by molar-refractivity contribution is 0.217. The Kier molecular flexibility index (Phi) is 7.68. The van der Waals surface area contributed by atoms with Crippen molar-refractivity contribution in [2.45, 2.75) is 6.42 Å². The highest BCUT2D eigenvalue weighted by Gasteiger charge is 2.08. The molecule has 1 saturated heterocycles. The maximum Gasteiger partial charge on any atom is 0.128 e. The number of ether oxygens (including phenoxy) is 1. The van der Waals surface area contributed by atoms with Crippen LogP contribution in [0.5, 0.6) is 5.75 Å². The molecule has 0 atom stereocenters. The summed E-state index contributed by atoms with van der Waals surface area (Å²) in [6, 6.07) is 4.62. The fraction of sp³-hybridized carbons (Fsp3) is 0.538. The van der Waals surface area contributed by atoms with Gasteiger partial charge in [-0.25, -0.2) is 4.39 Å². The Hall–Kier alpha value is -0.360. The fourth-order valence-electron chi connectivity index (χ4n) is 2.03. The summed E-state index contributed by atoms with van der Waals surface area (Å²) in [5.74, 6) is 0.299. The van der Waals surface area contributed by atoms with E-state index in [0.29, 0.717) is 16.8 Å². The quantitative estimate of drug-likeness (QED) is 0.901. The zero-order valence-electron chi connectivity index (χ0n) is 10.7. The van der Waals surface area contributed by atoms with Crippen LogP contribution in [0.3, 0.4) is 0 Å². The van der Waals surface area contributed by atoms with Crippen molar-refractivity contribution in [2.75, 3.05) is 39.3 Å². The van der Waals surface area contributed by atoms with Crippen LogP contribution in [0.15, 0.2) is 22.7 Å². The van der Waals surface area contributed by atoms with Gasteiger partial charge in [-0.2, -0.15) is 0 Å². The Morgan fingerprint density at radius 2 is 2.11 bits per heavy atom. The normalized spacial score (nSPS) is 16.5. The summed E-state index contributed by atoms with van der Waals surface area (Å²) in [5, 5.41) is 3.36. The van der Waals surface area contributed by atoms with E-state index in [-0.39, 0.29) is 18.2 Å². The molecule has 1 fully saturated rings. The zero-order valence-corrected chi connectivity index (χ0v) is 13.1. The van der Waals surface area contributed by atoms with Crippen molar-refractivity contribution in [1.82, 2.24) is 10.2 Å². The monoisotopic (exact) mass is 352 g/mol. The molecule has 0 bridgehead atoms. The third-order valence-electron chi connectivity index (χ3n) is 2.95. The van der Waals surface area contributed by atoms with Gasteiger partial charge in [-0.15, -0.1) is 12.4 Å². The first-order valence-electron chi connectivity index (χ1n) is 6.26. The van der Waals surface area contributed by atoms with Crippen LogP contribution in [-0.4, -0.2) is 44.2 Å². The van der Waals surface area contributed by atoms with Crippen molar-refractivity contribution >= 4 is 28.3 Å². The summed E-state index contributed by atoms with van der Waals surface area (Å²) in [6.07, 6.45) is 1.17. The standard InChI is InChI=1S/C13H18BrFN2O.ClH/c14-11-8-12(15)10-13(9-11)18-7-6-17-4-1-2-16-3-5-17;/h8-10,16H,1-7H2;1H. The lowest BCUT2D eigenvalue weighted by Crippen LogP contribution is -2.31. The van der Waals surface area contributed by atoms with Crippen LogP contribution >= 0.6 is 28.3 Å². The van der Waals surface area contributed by atoms with E-state index in [1.165, 1.54) is 18.6 Å². The molecule has 1 aliphatic rings. The van der Waals surface area contributed by atoms with Gasteiger partial charge in [0.2, 0.25) is 0 Å². The minimum absolute atomic E-state index is 0. The van der Waals surface area contributed by atoms with Gasteiger partial charge in [0.1, 0.15) is 18.2 Å². The minimum Gasteiger partial charge on any atom is -0.492 e. The molecular formula is C13H19BrClFN2O. The molecule has 3 nitrogen and oxygen atoms in total. The molecule has 0 amide bonds. The second-order valence-electron chi connectivity index (χ2n) is 4.40. The van der Waals surface area contributed by atoms with E-state index in [9.17, 15) is 4.39 Å². The number of halogens is 3. The highest BCUT2D eigenvalue weighted by Crippen LogP contribution is 2.20. The Bertz CT molecular complexity index is 367. The van der Waals surface area contributed by atoms with Gasteiger partial charge >= 0.3 is 0 Å². The fourth-order valence-corrected chi connectivity index (χ4v) is 2.47. The maximum atomic E-state index is 13.1. The predicted octanol–water partition coefficient (Wildman–Crippen LogP) is 2.68. The second-order valence-corrected chi connectivity index (χ2v) is 5.31. The Labute approximate surface area is 128 Å². The van der Waals surface area contributed by atoms with Crippen molar-refractivity contribution in [2.24, 2.45) is 0 Å². The maximum absolute atomic E-state index is 13.1. The van der Waals surface area contributed by atoms with Gasteiger partial charge in [-0.1, -0.05) is 15.9 Å². The van der Waals surface area contributed by atoms with Crippen LogP contribution in [0, 0.1) is 5.82 Å². The first-order valence-corrected chi connectivity index (χ1v) is 7.05. The topological polar surface area (TPSA) is 24.5 Å². The van der Waals surface area contributed by atoms with Crippen LogP contribution in [-0.2, 0) is 0 Å². The number of nitrogens with one attached hydrogen (secondary N) is 1. The van der Waals surface area contributed by atoms with E-state index < -0.39 is 0 Å². The molecule has 0 radical (unpaired) electrons. The predicted molar refractivity (Wildman–Crippen MR) is 80.8 cm³/mol. The molecule has 1 aromatic carbocycles. The van der Waals surface area contributed by atoms with Crippen molar-refractivity contribution in [1.29, 1.82) is 0 Å². The van der Waals surface area contributed by atoms with Gasteiger partial charge < -0.3 is 10.1 Å². The van der Waals surface area contributed by atoms with Gasteiger partial charge in [0, 0.05) is 30.2 Å². The van der Waals surface area contributed by atoms with Gasteiger partial charge in [0.25, 0.3) is 0 Å². The highest BCUT2D eigenvalue weighted by atomic mass is 79.9. The molecule has 0 aromatic heterocycles. The average molecular weight is 354 g/mol. The summed E-state index contributed by atoms with van der Waals surface area (Å²) < 4.78 is 19.4. The van der Waals surface area contributed by atoms with Crippen LogP contribution in [0.2, 0.25) is 0 Å². The van der Waals surface area contributed by atoms with Crippen molar-refractivity contribution in [3.05, 3.63) is 28.5 Å². The molecule has 1 heterocycles. The summed E-state index contributed by atoms with van der Waals surface area (Å²) in [5.41, 5.74) is 0. The molecule has 1 aliphatic heterocycles. The van der Waals surface area contributed by atoms with Crippen molar-refractivity contribution in [3.8, 4) is 5.75 Å². The SMILES string of the molecule is Cl.Fc1cc(Br)cc(OCCN2CCCNCC2)c1. The van der Waals surface area contributed by atoms with Crippen molar-refractivity contribution in [3.63, 3.8) is 0 Å². The molecule has 1 aromatic rings. The molecule has 1 N–H and O–H groups in total. The molecule has 2 rings (SSSR count). The van der Waals surface area contributed by atoms with E-state index in [1.54, 1.807) is 6.07 Å². The molecular weight excluding hydrogens is 335 g/mol.